The van der Waals surface area contributed by atoms with Crippen LogP contribution in [0.5, 0.6) is 0 Å². The molecule has 0 bridgehead atoms. The maximum absolute atomic E-state index is 12.7. The zero-order chi connectivity index (χ0) is 14.3. The summed E-state index contributed by atoms with van der Waals surface area (Å²) in [4.78, 5) is 19.8. The van der Waals surface area contributed by atoms with Crippen molar-refractivity contribution in [3.8, 4) is 0 Å². The molecule has 1 unspecified atom stereocenters. The maximum atomic E-state index is 12.7. The van der Waals surface area contributed by atoms with E-state index in [0.717, 1.165) is 10.6 Å². The molecular weight excluding hydrogens is 272 g/mol. The van der Waals surface area contributed by atoms with E-state index in [0.29, 0.717) is 29.1 Å². The lowest BCUT2D eigenvalue weighted by atomic mass is 10.2. The van der Waals surface area contributed by atoms with Crippen LogP contribution in [-0.2, 0) is 0 Å². The van der Waals surface area contributed by atoms with Crippen molar-refractivity contribution >= 4 is 23.4 Å². The number of nitrogens with zero attached hydrogens (tertiary/aromatic N) is 2. The van der Waals surface area contributed by atoms with Crippen LogP contribution in [0.2, 0.25) is 0 Å². The fourth-order valence-corrected chi connectivity index (χ4v) is 3.55. The quantitative estimate of drug-likeness (QED) is 0.806. The van der Waals surface area contributed by atoms with Gasteiger partial charge in [-0.25, -0.2) is 4.98 Å². The van der Waals surface area contributed by atoms with E-state index in [1.165, 1.54) is 0 Å². The Balaban J connectivity index is 2.02. The molecule has 20 heavy (non-hydrogen) atoms. The topological polar surface area (TPSA) is 46.3 Å². The van der Waals surface area contributed by atoms with Gasteiger partial charge in [0.25, 0.3) is 5.91 Å². The molecule has 1 aliphatic heterocycles. The number of hydrogen-bond acceptors (Lipinski definition) is 4. The molecule has 1 aliphatic rings. The van der Waals surface area contributed by atoms with Gasteiger partial charge in [0.1, 0.15) is 0 Å². The second-order valence-electron chi connectivity index (χ2n) is 4.96. The van der Waals surface area contributed by atoms with Crippen LogP contribution in [0.4, 0.5) is 5.69 Å². The van der Waals surface area contributed by atoms with Crippen molar-refractivity contribution in [1.29, 1.82) is 0 Å². The summed E-state index contributed by atoms with van der Waals surface area (Å²) in [6, 6.07) is 7.98. The Kier molecular flexibility index (Phi) is 3.30. The number of carbonyl (C=O) groups is 1. The van der Waals surface area contributed by atoms with Crippen molar-refractivity contribution in [3.05, 3.63) is 41.6 Å². The third-order valence-corrected chi connectivity index (χ3v) is 4.42. The second kappa shape index (κ2) is 4.98. The lowest BCUT2D eigenvalue weighted by Crippen LogP contribution is -2.38. The van der Waals surface area contributed by atoms with E-state index in [-0.39, 0.29) is 5.91 Å². The minimum Gasteiger partial charge on any atom is -0.436 e. The Morgan fingerprint density at radius 3 is 2.85 bits per heavy atom. The lowest BCUT2D eigenvalue weighted by Gasteiger charge is -2.32. The molecule has 2 heterocycles. The molecule has 4 nitrogen and oxygen atoms in total. The van der Waals surface area contributed by atoms with Crippen LogP contribution < -0.4 is 4.90 Å². The average molecular weight is 288 g/mol. The molecule has 0 fully saturated rings. The fraction of sp³-hybridized carbons (Fsp3) is 0.333. The van der Waals surface area contributed by atoms with Gasteiger partial charge < -0.3 is 9.32 Å². The summed E-state index contributed by atoms with van der Waals surface area (Å²) in [6.45, 7) is 6.36. The summed E-state index contributed by atoms with van der Waals surface area (Å²) < 4.78 is 5.47. The molecule has 0 radical (unpaired) electrons. The number of hydrogen-bond donors (Lipinski definition) is 0. The number of amides is 1. The van der Waals surface area contributed by atoms with Crippen LogP contribution >= 0.6 is 11.8 Å². The molecule has 5 heteroatoms. The normalized spacial score (nSPS) is 17.9. The molecule has 0 saturated carbocycles. The molecule has 0 N–H and O–H groups in total. The van der Waals surface area contributed by atoms with Crippen LogP contribution in [0.1, 0.15) is 29.1 Å². The predicted molar refractivity (Wildman–Crippen MR) is 79.4 cm³/mol. The molecule has 0 saturated heterocycles. The van der Waals surface area contributed by atoms with Gasteiger partial charge in [-0.05, 0) is 19.1 Å². The summed E-state index contributed by atoms with van der Waals surface area (Å²) in [7, 11) is 0. The highest BCUT2D eigenvalue weighted by Gasteiger charge is 2.30. The summed E-state index contributed by atoms with van der Waals surface area (Å²) in [5.74, 6) is 0.762. The smallest absolute Gasteiger partial charge is 0.296 e. The zero-order valence-corrected chi connectivity index (χ0v) is 12.5. The van der Waals surface area contributed by atoms with Crippen molar-refractivity contribution in [2.75, 3.05) is 11.4 Å². The first-order chi connectivity index (χ1) is 9.56. The summed E-state index contributed by atoms with van der Waals surface area (Å²) in [5.41, 5.74) is 1.60. The Morgan fingerprint density at radius 1 is 1.40 bits per heavy atom. The van der Waals surface area contributed by atoms with Gasteiger partial charge in [0.05, 0.1) is 11.4 Å². The molecule has 1 amide bonds. The van der Waals surface area contributed by atoms with E-state index < -0.39 is 0 Å². The fourth-order valence-electron chi connectivity index (χ4n) is 2.43. The van der Waals surface area contributed by atoms with Crippen molar-refractivity contribution < 1.29 is 9.21 Å². The van der Waals surface area contributed by atoms with E-state index in [2.05, 4.69) is 18.0 Å². The molecule has 2 aromatic rings. The monoisotopic (exact) mass is 288 g/mol. The first-order valence-corrected chi connectivity index (χ1v) is 7.46. The highest BCUT2D eigenvalue weighted by atomic mass is 32.2. The largest absolute Gasteiger partial charge is 0.436 e. The maximum Gasteiger partial charge on any atom is 0.296 e. The number of carbonyl (C=O) groups excluding carboxylic acids is 1. The van der Waals surface area contributed by atoms with Gasteiger partial charge in [0, 0.05) is 23.6 Å². The molecule has 1 atom stereocenters. The minimum atomic E-state index is -0.109. The van der Waals surface area contributed by atoms with Gasteiger partial charge >= 0.3 is 0 Å². The van der Waals surface area contributed by atoms with E-state index >= 15 is 0 Å². The van der Waals surface area contributed by atoms with Crippen molar-refractivity contribution in [2.45, 2.75) is 30.9 Å². The number of thioether (sulfide) groups is 1. The Labute approximate surface area is 122 Å². The van der Waals surface area contributed by atoms with Crippen molar-refractivity contribution in [1.82, 2.24) is 4.98 Å². The first kappa shape index (κ1) is 13.2. The number of fused-ring (bicyclic) bond motifs is 1. The minimum absolute atomic E-state index is 0.109. The van der Waals surface area contributed by atoms with Gasteiger partial charge in [-0.2, -0.15) is 0 Å². The summed E-state index contributed by atoms with van der Waals surface area (Å²) >= 11 is 1.80. The van der Waals surface area contributed by atoms with E-state index in [9.17, 15) is 4.79 Å². The highest BCUT2D eigenvalue weighted by molar-refractivity contribution is 8.00. The van der Waals surface area contributed by atoms with Gasteiger partial charge in [-0.1, -0.05) is 19.1 Å². The third kappa shape index (κ3) is 2.22. The van der Waals surface area contributed by atoms with E-state index in [4.69, 9.17) is 4.42 Å². The predicted octanol–water partition coefficient (Wildman–Crippen LogP) is 3.43. The van der Waals surface area contributed by atoms with E-state index in [1.807, 2.05) is 18.2 Å². The van der Waals surface area contributed by atoms with Crippen molar-refractivity contribution in [3.63, 3.8) is 0 Å². The van der Waals surface area contributed by atoms with Crippen LogP contribution in [0.15, 0.2) is 33.6 Å². The van der Waals surface area contributed by atoms with Gasteiger partial charge in [-0.3, -0.25) is 4.79 Å². The molecule has 3 rings (SSSR count). The lowest BCUT2D eigenvalue weighted by molar-refractivity contribution is 0.0957. The van der Waals surface area contributed by atoms with E-state index in [1.54, 1.807) is 30.5 Å². The van der Waals surface area contributed by atoms with Gasteiger partial charge in [-0.15, -0.1) is 11.8 Å². The van der Waals surface area contributed by atoms with Crippen LogP contribution in [0.25, 0.3) is 0 Å². The van der Waals surface area contributed by atoms with Crippen molar-refractivity contribution in [2.24, 2.45) is 0 Å². The molecule has 1 aromatic heterocycles. The number of rotatable bonds is 1. The first-order valence-electron chi connectivity index (χ1n) is 6.58. The number of benzene rings is 1. The van der Waals surface area contributed by atoms with Crippen LogP contribution in [0.3, 0.4) is 0 Å². The second-order valence-corrected chi connectivity index (χ2v) is 6.44. The number of para-hydroxylation sites is 1. The number of oxazole rings is 1. The summed E-state index contributed by atoms with van der Waals surface area (Å²) in [6.07, 6.45) is 0. The SMILES string of the molecule is Cc1nc(C)c(C(=O)N2CC(C)Sc3ccccc32)o1. The molecule has 0 spiro atoms. The average Bonchev–Trinajstić information content (AvgIpc) is 2.76. The molecular formula is C15H16N2O2S. The zero-order valence-electron chi connectivity index (χ0n) is 11.7. The van der Waals surface area contributed by atoms with Crippen LogP contribution in [0, 0.1) is 13.8 Å². The summed E-state index contributed by atoms with van der Waals surface area (Å²) in [5, 5.41) is 0.359. The standard InChI is InChI=1S/C15H16N2O2S/c1-9-8-17(12-6-4-5-7-13(12)20-9)15(18)14-10(2)16-11(3)19-14/h4-7,9H,8H2,1-3H3. The number of aromatic nitrogens is 1. The Morgan fingerprint density at radius 2 is 2.15 bits per heavy atom. The molecule has 1 aromatic carbocycles. The molecule has 104 valence electrons. The number of aryl methyl sites for hydroxylation is 2. The molecule has 0 aliphatic carbocycles. The third-order valence-electron chi connectivity index (χ3n) is 3.27. The van der Waals surface area contributed by atoms with Crippen LogP contribution in [-0.4, -0.2) is 22.7 Å². The number of anilines is 1. The van der Waals surface area contributed by atoms with Gasteiger partial charge in [0.2, 0.25) is 5.76 Å². The van der Waals surface area contributed by atoms with Gasteiger partial charge in [0.15, 0.2) is 5.89 Å². The Bertz CT molecular complexity index is 666. The highest BCUT2D eigenvalue weighted by Crippen LogP contribution is 2.38. The Hall–Kier alpha value is -1.75.